The highest BCUT2D eigenvalue weighted by Crippen LogP contribution is 2.31. The molecule has 2 aliphatic rings. The van der Waals surface area contributed by atoms with E-state index in [2.05, 4.69) is 39.7 Å². The van der Waals surface area contributed by atoms with Crippen molar-refractivity contribution in [2.45, 2.75) is 38.6 Å². The van der Waals surface area contributed by atoms with Crippen LogP contribution in [-0.2, 0) is 29.0 Å². The van der Waals surface area contributed by atoms with Gasteiger partial charge in [0.2, 0.25) is 17.8 Å². The van der Waals surface area contributed by atoms with Crippen LogP contribution in [0, 0.1) is 0 Å². The first kappa shape index (κ1) is 20.9. The van der Waals surface area contributed by atoms with E-state index in [1.807, 2.05) is 41.3 Å². The average molecular weight is 444 g/mol. The minimum atomic E-state index is -0.910. The molecular formula is C25H25N5O3. The molecule has 3 heterocycles. The predicted octanol–water partition coefficient (Wildman–Crippen LogP) is 2.96. The molecule has 2 amide bonds. The van der Waals surface area contributed by atoms with Gasteiger partial charge in [-0.3, -0.25) is 19.4 Å². The Bertz CT molecular complexity index is 1280. The van der Waals surface area contributed by atoms with Crippen LogP contribution in [-0.4, -0.2) is 28.3 Å². The van der Waals surface area contributed by atoms with Crippen molar-refractivity contribution in [2.75, 3.05) is 22.1 Å². The molecule has 5 rings (SSSR count). The number of nitrogens with zero attached hydrogens (tertiary/aromatic N) is 2. The summed E-state index contributed by atoms with van der Waals surface area (Å²) < 4.78 is 0. The Labute approximate surface area is 191 Å². The Morgan fingerprint density at radius 1 is 1.12 bits per heavy atom. The van der Waals surface area contributed by atoms with Gasteiger partial charge in [-0.1, -0.05) is 43.3 Å². The third-order valence-corrected chi connectivity index (χ3v) is 6.31. The van der Waals surface area contributed by atoms with Gasteiger partial charge in [0, 0.05) is 25.2 Å². The fourth-order valence-corrected chi connectivity index (χ4v) is 4.46. The van der Waals surface area contributed by atoms with Gasteiger partial charge in [-0.25, -0.2) is 0 Å². The predicted molar refractivity (Wildman–Crippen MR) is 126 cm³/mol. The fraction of sp³-hybridized carbons (Fsp3) is 0.280. The lowest BCUT2D eigenvalue weighted by molar-refractivity contribution is -0.123. The van der Waals surface area contributed by atoms with Gasteiger partial charge >= 0.3 is 0 Å². The number of carbonyl (C=O) groups excluding carboxylic acids is 2. The van der Waals surface area contributed by atoms with Crippen molar-refractivity contribution in [1.29, 1.82) is 0 Å². The molecule has 2 aliphatic heterocycles. The van der Waals surface area contributed by atoms with E-state index in [0.717, 1.165) is 18.4 Å². The van der Waals surface area contributed by atoms with Crippen LogP contribution in [0.5, 0.6) is 0 Å². The SMILES string of the molecule is CCc1ccc(NC(=O)[C@H]2CC(=O)Nc3nc(N4CCc5ccccc5C4)[nH]c(=O)c32)cc1. The summed E-state index contributed by atoms with van der Waals surface area (Å²) in [6.07, 6.45) is 1.63. The van der Waals surface area contributed by atoms with Crippen molar-refractivity contribution >= 4 is 29.3 Å². The van der Waals surface area contributed by atoms with Gasteiger partial charge in [0.1, 0.15) is 5.82 Å². The van der Waals surface area contributed by atoms with Gasteiger partial charge < -0.3 is 15.5 Å². The number of nitrogens with one attached hydrogen (secondary N) is 3. The molecule has 0 radical (unpaired) electrons. The van der Waals surface area contributed by atoms with E-state index in [1.165, 1.54) is 11.1 Å². The van der Waals surface area contributed by atoms with Crippen LogP contribution in [0.15, 0.2) is 53.3 Å². The molecule has 0 spiro atoms. The van der Waals surface area contributed by atoms with Gasteiger partial charge in [-0.15, -0.1) is 0 Å². The molecule has 0 saturated carbocycles. The maximum atomic E-state index is 13.1. The van der Waals surface area contributed by atoms with Gasteiger partial charge in [0.05, 0.1) is 11.5 Å². The molecule has 0 saturated heterocycles. The van der Waals surface area contributed by atoms with Gasteiger partial charge in [-0.2, -0.15) is 4.98 Å². The molecular weight excluding hydrogens is 418 g/mol. The standard InChI is InChI=1S/C25H25N5O3/c1-2-15-7-9-18(10-8-15)26-23(32)19-13-20(31)27-22-21(19)24(33)29-25(28-22)30-12-11-16-5-3-4-6-17(16)14-30/h3-10,19H,2,11-14H2,1H3,(H,26,32)(H2,27,28,29,31,33)/t19-/m0/s1. The second-order valence-corrected chi connectivity index (χ2v) is 8.44. The van der Waals surface area contributed by atoms with Gasteiger partial charge in [0.15, 0.2) is 0 Å². The van der Waals surface area contributed by atoms with E-state index in [1.54, 1.807) is 0 Å². The van der Waals surface area contributed by atoms with Crippen molar-refractivity contribution < 1.29 is 9.59 Å². The van der Waals surface area contributed by atoms with Gasteiger partial charge in [-0.05, 0) is 41.7 Å². The first-order valence-electron chi connectivity index (χ1n) is 11.2. The van der Waals surface area contributed by atoms with Crippen LogP contribution in [0.2, 0.25) is 0 Å². The summed E-state index contributed by atoms with van der Waals surface area (Å²) in [4.78, 5) is 47.8. The summed E-state index contributed by atoms with van der Waals surface area (Å²) in [7, 11) is 0. The van der Waals surface area contributed by atoms with E-state index >= 15 is 0 Å². The molecule has 3 N–H and O–H groups in total. The molecule has 0 bridgehead atoms. The number of hydrogen-bond donors (Lipinski definition) is 3. The molecule has 33 heavy (non-hydrogen) atoms. The van der Waals surface area contributed by atoms with E-state index in [4.69, 9.17) is 0 Å². The highest BCUT2D eigenvalue weighted by Gasteiger charge is 2.35. The molecule has 0 fully saturated rings. The lowest BCUT2D eigenvalue weighted by Crippen LogP contribution is -2.38. The monoisotopic (exact) mass is 443 g/mol. The molecule has 168 valence electrons. The Kier molecular flexibility index (Phi) is 5.42. The highest BCUT2D eigenvalue weighted by atomic mass is 16.2. The first-order chi connectivity index (χ1) is 16.0. The Balaban J connectivity index is 1.42. The number of aryl methyl sites for hydroxylation is 1. The fourth-order valence-electron chi connectivity index (χ4n) is 4.46. The number of aromatic amines is 1. The number of amides is 2. The largest absolute Gasteiger partial charge is 0.338 e. The maximum Gasteiger partial charge on any atom is 0.258 e. The number of hydrogen-bond acceptors (Lipinski definition) is 5. The summed E-state index contributed by atoms with van der Waals surface area (Å²) in [5.41, 5.74) is 4.03. The van der Waals surface area contributed by atoms with Crippen LogP contribution in [0.1, 0.15) is 41.5 Å². The number of fused-ring (bicyclic) bond motifs is 2. The lowest BCUT2D eigenvalue weighted by Gasteiger charge is -2.30. The van der Waals surface area contributed by atoms with Crippen molar-refractivity contribution in [1.82, 2.24) is 9.97 Å². The van der Waals surface area contributed by atoms with Gasteiger partial charge in [0.25, 0.3) is 5.56 Å². The number of anilines is 3. The zero-order valence-electron chi connectivity index (χ0n) is 18.4. The summed E-state index contributed by atoms with van der Waals surface area (Å²) >= 11 is 0. The molecule has 0 unspecified atom stereocenters. The van der Waals surface area contributed by atoms with Crippen molar-refractivity contribution in [3.05, 3.63) is 81.1 Å². The lowest BCUT2D eigenvalue weighted by atomic mass is 9.92. The van der Waals surface area contributed by atoms with Crippen molar-refractivity contribution in [2.24, 2.45) is 0 Å². The number of aromatic nitrogens is 2. The molecule has 1 aromatic heterocycles. The minimum Gasteiger partial charge on any atom is -0.338 e. The van der Waals surface area contributed by atoms with E-state index in [9.17, 15) is 14.4 Å². The zero-order chi connectivity index (χ0) is 22.9. The molecule has 2 aromatic carbocycles. The third kappa shape index (κ3) is 4.11. The summed E-state index contributed by atoms with van der Waals surface area (Å²) in [5.74, 6) is -1.10. The summed E-state index contributed by atoms with van der Waals surface area (Å²) in [5, 5.41) is 5.52. The number of benzene rings is 2. The normalized spacial score (nSPS) is 17.1. The zero-order valence-corrected chi connectivity index (χ0v) is 18.4. The third-order valence-electron chi connectivity index (χ3n) is 6.31. The minimum absolute atomic E-state index is 0.104. The van der Waals surface area contributed by atoms with Crippen LogP contribution < -0.4 is 21.1 Å². The van der Waals surface area contributed by atoms with E-state index < -0.39 is 17.4 Å². The first-order valence-corrected chi connectivity index (χ1v) is 11.2. The second-order valence-electron chi connectivity index (χ2n) is 8.44. The quantitative estimate of drug-likeness (QED) is 0.575. The number of H-pyrrole nitrogens is 1. The van der Waals surface area contributed by atoms with Crippen LogP contribution in [0.4, 0.5) is 17.5 Å². The average Bonchev–Trinajstić information content (AvgIpc) is 2.83. The highest BCUT2D eigenvalue weighted by molar-refractivity contribution is 6.04. The topological polar surface area (TPSA) is 107 Å². The summed E-state index contributed by atoms with van der Waals surface area (Å²) in [6.45, 7) is 3.37. The summed E-state index contributed by atoms with van der Waals surface area (Å²) in [6, 6.07) is 15.7. The van der Waals surface area contributed by atoms with Crippen LogP contribution >= 0.6 is 0 Å². The Morgan fingerprint density at radius 2 is 1.88 bits per heavy atom. The Hall–Kier alpha value is -3.94. The van der Waals surface area contributed by atoms with Crippen LogP contribution in [0.25, 0.3) is 0 Å². The molecule has 0 aliphatic carbocycles. The smallest absolute Gasteiger partial charge is 0.258 e. The Morgan fingerprint density at radius 3 is 2.64 bits per heavy atom. The van der Waals surface area contributed by atoms with E-state index in [0.29, 0.717) is 24.7 Å². The second kappa shape index (κ2) is 8.54. The molecule has 8 nitrogen and oxygen atoms in total. The maximum absolute atomic E-state index is 13.1. The molecule has 3 aromatic rings. The number of rotatable bonds is 4. The molecule has 1 atom stereocenters. The van der Waals surface area contributed by atoms with Crippen molar-refractivity contribution in [3.63, 3.8) is 0 Å². The van der Waals surface area contributed by atoms with Crippen LogP contribution in [0.3, 0.4) is 0 Å². The van der Waals surface area contributed by atoms with Crippen molar-refractivity contribution in [3.8, 4) is 0 Å². The number of carbonyl (C=O) groups is 2. The molecule has 8 heteroatoms. The van der Waals surface area contributed by atoms with E-state index in [-0.39, 0.29) is 23.7 Å².